The van der Waals surface area contributed by atoms with Gasteiger partial charge < -0.3 is 0 Å². The Balaban J connectivity index is 2.44. The van der Waals surface area contributed by atoms with Crippen LogP contribution in [0.15, 0.2) is 54.6 Å². The Bertz CT molecular complexity index is 664. The molecule has 0 N–H and O–H groups in total. The summed E-state index contributed by atoms with van der Waals surface area (Å²) in [6.45, 7) is 4.35. The van der Waals surface area contributed by atoms with E-state index in [0.29, 0.717) is 0 Å². The smallest absolute Gasteiger partial charge is 0.129 e. The number of benzene rings is 2. The van der Waals surface area contributed by atoms with Gasteiger partial charge >= 0.3 is 0 Å². The minimum atomic E-state index is -1.81. The van der Waals surface area contributed by atoms with Gasteiger partial charge in [-0.15, -0.1) is 12.0 Å². The zero-order valence-electron chi connectivity index (χ0n) is 11.3. The van der Waals surface area contributed by atoms with Crippen molar-refractivity contribution in [3.8, 4) is 23.8 Å². The minimum Gasteiger partial charge on any atom is -0.129 e. The Morgan fingerprint density at radius 1 is 0.842 bits per heavy atom. The van der Waals surface area contributed by atoms with Gasteiger partial charge in [0.1, 0.15) is 0 Å². The summed E-state index contributed by atoms with van der Waals surface area (Å²) >= 11 is 0. The van der Waals surface area contributed by atoms with Crippen molar-refractivity contribution in [2.45, 2.75) is 13.1 Å². The molecule has 0 heterocycles. The molecule has 2 rings (SSSR count). The molecular weight excluding hydrogens is 244 g/mol. The normalized spacial score (nSPS) is 10.2. The molecule has 0 saturated heterocycles. The lowest BCUT2D eigenvalue weighted by Gasteiger charge is -2.16. The van der Waals surface area contributed by atoms with Crippen LogP contribution in [-0.4, -0.2) is 8.07 Å². The van der Waals surface area contributed by atoms with Crippen molar-refractivity contribution < 1.29 is 0 Å². The van der Waals surface area contributed by atoms with Crippen LogP contribution in [0.2, 0.25) is 13.1 Å². The third-order valence-electron chi connectivity index (χ3n) is 3.08. The zero-order valence-corrected chi connectivity index (χ0v) is 12.3. The Morgan fingerprint density at radius 2 is 1.47 bits per heavy atom. The molecule has 0 aromatic heterocycles. The summed E-state index contributed by atoms with van der Waals surface area (Å²) in [5.41, 5.74) is 5.05. The molecule has 0 amide bonds. The average Bonchev–Trinajstić information content (AvgIpc) is 2.46. The monoisotopic (exact) mass is 260 g/mol. The van der Waals surface area contributed by atoms with E-state index in [4.69, 9.17) is 6.42 Å². The predicted molar refractivity (Wildman–Crippen MR) is 84.8 cm³/mol. The highest BCUT2D eigenvalue weighted by atomic mass is 28.3. The molecule has 0 aliphatic rings. The zero-order chi connectivity index (χ0) is 13.7. The lowest BCUT2D eigenvalue weighted by atomic mass is 10.2. The highest BCUT2D eigenvalue weighted by molar-refractivity contribution is 6.96. The topological polar surface area (TPSA) is 0 Å². The van der Waals surface area contributed by atoms with Gasteiger partial charge in [0.25, 0.3) is 0 Å². The number of hydrogen-bond donors (Lipinski definition) is 0. The Morgan fingerprint density at radius 3 is 2.16 bits per heavy atom. The summed E-state index contributed by atoms with van der Waals surface area (Å²) in [5, 5.41) is 1.24. The second-order valence-corrected chi connectivity index (χ2v) is 9.01. The van der Waals surface area contributed by atoms with Crippen LogP contribution in [0.1, 0.15) is 11.1 Å². The quantitative estimate of drug-likeness (QED) is 0.546. The molecule has 2 aromatic rings. The second-order valence-electron chi connectivity index (χ2n) is 4.93. The van der Waals surface area contributed by atoms with Crippen molar-refractivity contribution in [2.75, 3.05) is 0 Å². The van der Waals surface area contributed by atoms with Gasteiger partial charge in [-0.2, -0.15) is 0 Å². The Kier molecular flexibility index (Phi) is 3.90. The number of terminal acetylenes is 1. The van der Waals surface area contributed by atoms with Crippen LogP contribution in [0.25, 0.3) is 0 Å². The maximum Gasteiger partial charge on any atom is 0.163 e. The van der Waals surface area contributed by atoms with E-state index in [0.717, 1.165) is 11.1 Å². The van der Waals surface area contributed by atoms with E-state index in [2.05, 4.69) is 42.6 Å². The van der Waals surface area contributed by atoms with Gasteiger partial charge in [-0.05, 0) is 23.4 Å². The van der Waals surface area contributed by atoms with Crippen molar-refractivity contribution in [3.05, 3.63) is 65.7 Å². The summed E-state index contributed by atoms with van der Waals surface area (Å²) < 4.78 is 0. The van der Waals surface area contributed by atoms with Gasteiger partial charge in [0, 0.05) is 11.1 Å². The van der Waals surface area contributed by atoms with E-state index < -0.39 is 8.07 Å². The van der Waals surface area contributed by atoms with Crippen molar-refractivity contribution in [2.24, 2.45) is 0 Å². The first-order valence-electron chi connectivity index (χ1n) is 6.28. The van der Waals surface area contributed by atoms with Crippen LogP contribution in [0.3, 0.4) is 0 Å². The molecule has 92 valence electrons. The van der Waals surface area contributed by atoms with E-state index >= 15 is 0 Å². The van der Waals surface area contributed by atoms with Crippen molar-refractivity contribution in [3.63, 3.8) is 0 Å². The Hall–Kier alpha value is -2.22. The molecule has 0 saturated carbocycles. The van der Waals surface area contributed by atoms with Crippen molar-refractivity contribution in [1.29, 1.82) is 0 Å². The maximum atomic E-state index is 5.68. The van der Waals surface area contributed by atoms with Gasteiger partial charge in [0.15, 0.2) is 8.07 Å². The molecule has 19 heavy (non-hydrogen) atoms. The van der Waals surface area contributed by atoms with Gasteiger partial charge in [0.05, 0.1) is 0 Å². The number of rotatable bonds is 1. The fourth-order valence-corrected chi connectivity index (χ4v) is 3.36. The largest absolute Gasteiger partial charge is 0.163 e. The van der Waals surface area contributed by atoms with Crippen LogP contribution >= 0.6 is 0 Å². The van der Waals surface area contributed by atoms with Gasteiger partial charge in [-0.25, -0.2) is 0 Å². The average molecular weight is 260 g/mol. The maximum absolute atomic E-state index is 5.68. The van der Waals surface area contributed by atoms with E-state index in [1.807, 2.05) is 42.5 Å². The molecular formula is C18H16Si. The molecule has 0 fully saturated rings. The summed E-state index contributed by atoms with van der Waals surface area (Å²) in [5.74, 6) is 6.46. The molecule has 0 atom stereocenters. The minimum absolute atomic E-state index is 1.03. The van der Waals surface area contributed by atoms with Gasteiger partial charge in [-0.3, -0.25) is 0 Å². The fraction of sp³-hybridized carbons (Fsp3) is 0.111. The summed E-state index contributed by atoms with van der Waals surface area (Å²) in [4.78, 5) is 0. The van der Waals surface area contributed by atoms with Gasteiger partial charge in [-0.1, -0.05) is 61.3 Å². The van der Waals surface area contributed by atoms with Crippen molar-refractivity contribution >= 4 is 13.3 Å². The van der Waals surface area contributed by atoms with Crippen LogP contribution < -0.4 is 5.19 Å². The Labute approximate surface area is 116 Å². The third-order valence-corrected chi connectivity index (χ3v) is 5.58. The summed E-state index contributed by atoms with van der Waals surface area (Å²) in [7, 11) is -1.81. The molecule has 1 heteroatoms. The van der Waals surface area contributed by atoms with Crippen LogP contribution in [0.5, 0.6) is 0 Å². The third kappa shape index (κ3) is 3.16. The highest BCUT2D eigenvalue weighted by Crippen LogP contribution is 2.06. The molecule has 0 radical (unpaired) electrons. The fourth-order valence-electron chi connectivity index (χ4n) is 1.88. The highest BCUT2D eigenvalue weighted by Gasteiger charge is 2.22. The molecule has 0 spiro atoms. The molecule has 0 nitrogen and oxygen atoms in total. The van der Waals surface area contributed by atoms with E-state index in [-0.39, 0.29) is 0 Å². The molecule has 0 aliphatic carbocycles. The lowest BCUT2D eigenvalue weighted by molar-refractivity contribution is 1.63. The van der Waals surface area contributed by atoms with Crippen LogP contribution in [0.4, 0.5) is 0 Å². The van der Waals surface area contributed by atoms with Crippen molar-refractivity contribution in [1.82, 2.24) is 0 Å². The lowest BCUT2D eigenvalue weighted by Crippen LogP contribution is -2.41. The number of hydrogen-bond acceptors (Lipinski definition) is 0. The summed E-state index contributed by atoms with van der Waals surface area (Å²) in [6, 6.07) is 18.2. The SMILES string of the molecule is C#C[Si](C)(C)c1ccccc1C#Cc1ccccc1. The molecule has 2 aromatic carbocycles. The molecule has 0 unspecified atom stereocenters. The van der Waals surface area contributed by atoms with Gasteiger partial charge in [0.2, 0.25) is 0 Å². The second kappa shape index (κ2) is 5.61. The summed E-state index contributed by atoms with van der Waals surface area (Å²) in [6.07, 6.45) is 5.68. The first-order valence-corrected chi connectivity index (χ1v) is 9.28. The van der Waals surface area contributed by atoms with E-state index in [1.165, 1.54) is 5.19 Å². The first kappa shape index (κ1) is 13.2. The standard InChI is InChI=1S/C18H16Si/c1-4-19(2,3)18-13-9-8-12-17(18)15-14-16-10-6-5-7-11-16/h1,5-13H,2-3H3. The van der Waals surface area contributed by atoms with E-state index in [1.54, 1.807) is 0 Å². The predicted octanol–water partition coefficient (Wildman–Crippen LogP) is 3.17. The molecule has 0 aliphatic heterocycles. The van der Waals surface area contributed by atoms with Crippen LogP contribution in [0, 0.1) is 23.8 Å². The molecule has 0 bridgehead atoms. The van der Waals surface area contributed by atoms with Crippen LogP contribution in [-0.2, 0) is 0 Å². The van der Waals surface area contributed by atoms with E-state index in [9.17, 15) is 0 Å². The first-order chi connectivity index (χ1) is 9.13.